The number of fused-ring (bicyclic) bond motifs is 1. The molecule has 0 aliphatic carbocycles. The minimum absolute atomic E-state index is 0.121. The summed E-state index contributed by atoms with van der Waals surface area (Å²) in [6, 6.07) is 5.95. The monoisotopic (exact) mass is 265 g/mol. The van der Waals surface area contributed by atoms with E-state index >= 15 is 0 Å². The third-order valence-electron chi connectivity index (χ3n) is 3.69. The van der Waals surface area contributed by atoms with Gasteiger partial charge >= 0.3 is 0 Å². The predicted octanol–water partition coefficient (Wildman–Crippen LogP) is 2.10. The van der Waals surface area contributed by atoms with E-state index in [2.05, 4.69) is 12.2 Å². The highest BCUT2D eigenvalue weighted by atomic mass is 16.5. The van der Waals surface area contributed by atoms with E-state index in [1.807, 2.05) is 25.1 Å². The highest BCUT2D eigenvalue weighted by Crippen LogP contribution is 2.33. The molecule has 0 saturated carbocycles. The fraction of sp³-hybridized carbons (Fsp3) is 0.600. The molecule has 1 atom stereocenters. The lowest BCUT2D eigenvalue weighted by molar-refractivity contribution is 0.168. The van der Waals surface area contributed by atoms with Gasteiger partial charge in [-0.05, 0) is 19.4 Å². The van der Waals surface area contributed by atoms with E-state index in [1.165, 1.54) is 0 Å². The van der Waals surface area contributed by atoms with Crippen LogP contribution >= 0.6 is 0 Å². The standard InChI is InChI=1S/C15H23NO3/c1-3-15(2,11-17)16-10-12-6-4-7-13-14(12)19-9-5-8-18-13/h4,6-7,16-17H,3,5,8-11H2,1-2H3. The Morgan fingerprint density at radius 3 is 2.84 bits per heavy atom. The third kappa shape index (κ3) is 3.39. The van der Waals surface area contributed by atoms with Crippen LogP contribution in [0, 0.1) is 0 Å². The maximum Gasteiger partial charge on any atom is 0.165 e. The van der Waals surface area contributed by atoms with Gasteiger partial charge in [0.25, 0.3) is 0 Å². The Balaban J connectivity index is 2.12. The van der Waals surface area contributed by atoms with Crippen molar-refractivity contribution in [1.82, 2.24) is 5.32 Å². The molecule has 1 aromatic rings. The van der Waals surface area contributed by atoms with Gasteiger partial charge in [0.2, 0.25) is 0 Å². The van der Waals surface area contributed by atoms with Gasteiger partial charge in [-0.1, -0.05) is 19.1 Å². The smallest absolute Gasteiger partial charge is 0.165 e. The van der Waals surface area contributed by atoms with Crippen LogP contribution in [0.15, 0.2) is 18.2 Å². The lowest BCUT2D eigenvalue weighted by Gasteiger charge is -2.27. The van der Waals surface area contributed by atoms with Crippen LogP contribution in [0.2, 0.25) is 0 Å². The van der Waals surface area contributed by atoms with Gasteiger partial charge in [-0.3, -0.25) is 0 Å². The van der Waals surface area contributed by atoms with Crippen LogP contribution in [-0.4, -0.2) is 30.5 Å². The van der Waals surface area contributed by atoms with Gasteiger partial charge in [-0.2, -0.15) is 0 Å². The number of benzene rings is 1. The summed E-state index contributed by atoms with van der Waals surface area (Å²) in [4.78, 5) is 0. The van der Waals surface area contributed by atoms with Crippen molar-refractivity contribution in [2.75, 3.05) is 19.8 Å². The summed E-state index contributed by atoms with van der Waals surface area (Å²) in [6.45, 7) is 6.26. The summed E-state index contributed by atoms with van der Waals surface area (Å²) >= 11 is 0. The number of aliphatic hydroxyl groups excluding tert-OH is 1. The van der Waals surface area contributed by atoms with Crippen LogP contribution in [0.4, 0.5) is 0 Å². The molecule has 4 nitrogen and oxygen atoms in total. The van der Waals surface area contributed by atoms with Crippen molar-refractivity contribution < 1.29 is 14.6 Å². The van der Waals surface area contributed by atoms with Crippen LogP contribution < -0.4 is 14.8 Å². The van der Waals surface area contributed by atoms with Crippen molar-refractivity contribution in [2.45, 2.75) is 38.8 Å². The van der Waals surface area contributed by atoms with Gasteiger partial charge < -0.3 is 19.9 Å². The molecule has 0 radical (unpaired) electrons. The second kappa shape index (κ2) is 6.26. The normalized spacial score (nSPS) is 17.6. The zero-order valence-corrected chi connectivity index (χ0v) is 11.7. The van der Waals surface area contributed by atoms with Crippen LogP contribution in [0.3, 0.4) is 0 Å². The first-order valence-electron chi connectivity index (χ1n) is 6.92. The fourth-order valence-corrected chi connectivity index (χ4v) is 1.99. The molecule has 1 unspecified atom stereocenters. The van der Waals surface area contributed by atoms with E-state index in [-0.39, 0.29) is 12.1 Å². The largest absolute Gasteiger partial charge is 0.490 e. The van der Waals surface area contributed by atoms with Crippen LogP contribution in [-0.2, 0) is 6.54 Å². The average molecular weight is 265 g/mol. The number of aliphatic hydroxyl groups is 1. The van der Waals surface area contributed by atoms with E-state index in [1.54, 1.807) is 0 Å². The van der Waals surface area contributed by atoms with E-state index in [0.717, 1.165) is 29.9 Å². The number of hydrogen-bond donors (Lipinski definition) is 2. The molecule has 0 amide bonds. The molecule has 1 aliphatic heterocycles. The molecule has 0 aromatic heterocycles. The highest BCUT2D eigenvalue weighted by molar-refractivity contribution is 5.47. The molecule has 1 aliphatic rings. The van der Waals surface area contributed by atoms with Gasteiger partial charge in [0, 0.05) is 24.1 Å². The van der Waals surface area contributed by atoms with Crippen molar-refractivity contribution in [1.29, 1.82) is 0 Å². The molecule has 4 heteroatoms. The van der Waals surface area contributed by atoms with Crippen molar-refractivity contribution in [3.8, 4) is 11.5 Å². The fourth-order valence-electron chi connectivity index (χ4n) is 1.99. The molecule has 0 fully saturated rings. The number of rotatable bonds is 5. The summed E-state index contributed by atoms with van der Waals surface area (Å²) in [5.41, 5.74) is 0.821. The van der Waals surface area contributed by atoms with Crippen LogP contribution in [0.25, 0.3) is 0 Å². The summed E-state index contributed by atoms with van der Waals surface area (Å²) < 4.78 is 11.5. The zero-order chi connectivity index (χ0) is 13.7. The number of para-hydroxylation sites is 1. The topological polar surface area (TPSA) is 50.7 Å². The van der Waals surface area contributed by atoms with Gasteiger partial charge in [-0.15, -0.1) is 0 Å². The lowest BCUT2D eigenvalue weighted by atomic mass is 9.99. The molecular weight excluding hydrogens is 242 g/mol. The minimum Gasteiger partial charge on any atom is -0.490 e. The number of ether oxygens (including phenoxy) is 2. The maximum absolute atomic E-state index is 9.43. The third-order valence-corrected chi connectivity index (χ3v) is 3.69. The highest BCUT2D eigenvalue weighted by Gasteiger charge is 2.21. The summed E-state index contributed by atoms with van der Waals surface area (Å²) in [6.07, 6.45) is 1.78. The molecule has 0 spiro atoms. The lowest BCUT2D eigenvalue weighted by Crippen LogP contribution is -2.44. The second-order valence-corrected chi connectivity index (χ2v) is 5.22. The van der Waals surface area contributed by atoms with Crippen molar-refractivity contribution >= 4 is 0 Å². The first-order valence-corrected chi connectivity index (χ1v) is 6.92. The summed E-state index contributed by atoms with van der Waals surface area (Å²) in [5.74, 6) is 1.66. The average Bonchev–Trinajstić information content (AvgIpc) is 2.70. The number of nitrogens with one attached hydrogen (secondary N) is 1. The SMILES string of the molecule is CCC(C)(CO)NCc1cccc2c1OCCCO2. The van der Waals surface area contributed by atoms with Crippen molar-refractivity contribution in [3.63, 3.8) is 0 Å². The van der Waals surface area contributed by atoms with Gasteiger partial charge in [0.05, 0.1) is 19.8 Å². The molecule has 0 bridgehead atoms. The summed E-state index contributed by atoms with van der Waals surface area (Å²) in [5, 5.41) is 12.8. The van der Waals surface area contributed by atoms with E-state index in [0.29, 0.717) is 19.8 Å². The zero-order valence-electron chi connectivity index (χ0n) is 11.7. The van der Waals surface area contributed by atoms with Gasteiger partial charge in [0.15, 0.2) is 11.5 Å². The minimum atomic E-state index is -0.256. The molecule has 106 valence electrons. The molecule has 2 N–H and O–H groups in total. The quantitative estimate of drug-likeness (QED) is 0.856. The van der Waals surface area contributed by atoms with Gasteiger partial charge in [-0.25, -0.2) is 0 Å². The van der Waals surface area contributed by atoms with E-state index in [4.69, 9.17) is 9.47 Å². The molecule has 1 aromatic carbocycles. The summed E-state index contributed by atoms with van der Waals surface area (Å²) in [7, 11) is 0. The Labute approximate surface area is 114 Å². The molecule has 19 heavy (non-hydrogen) atoms. The first kappa shape index (κ1) is 14.2. The van der Waals surface area contributed by atoms with Crippen molar-refractivity contribution in [3.05, 3.63) is 23.8 Å². The maximum atomic E-state index is 9.43. The van der Waals surface area contributed by atoms with E-state index < -0.39 is 0 Å². The molecule has 0 saturated heterocycles. The first-order chi connectivity index (χ1) is 9.18. The van der Waals surface area contributed by atoms with Crippen LogP contribution in [0.5, 0.6) is 11.5 Å². The van der Waals surface area contributed by atoms with Gasteiger partial charge in [0.1, 0.15) is 0 Å². The Kier molecular flexibility index (Phi) is 4.66. The van der Waals surface area contributed by atoms with Crippen molar-refractivity contribution in [2.24, 2.45) is 0 Å². The Morgan fingerprint density at radius 2 is 2.11 bits per heavy atom. The van der Waals surface area contributed by atoms with Crippen LogP contribution in [0.1, 0.15) is 32.3 Å². The molecule has 1 heterocycles. The second-order valence-electron chi connectivity index (χ2n) is 5.22. The predicted molar refractivity (Wildman–Crippen MR) is 74.7 cm³/mol. The molecular formula is C15H23NO3. The molecule has 2 rings (SSSR count). The van der Waals surface area contributed by atoms with E-state index in [9.17, 15) is 5.11 Å². The Morgan fingerprint density at radius 1 is 1.32 bits per heavy atom. The Hall–Kier alpha value is -1.26. The Bertz CT molecular complexity index is 416. The number of hydrogen-bond acceptors (Lipinski definition) is 4.